The molecule has 2 saturated heterocycles. The molecule has 0 aliphatic carbocycles. The van der Waals surface area contributed by atoms with Gasteiger partial charge in [-0.1, -0.05) is 43.7 Å². The lowest BCUT2D eigenvalue weighted by Crippen LogP contribution is -2.49. The summed E-state index contributed by atoms with van der Waals surface area (Å²) in [5.41, 5.74) is -0.353. The SMILES string of the molecule is COC(=O)[C@H]1N(C(=O)OCc2ccccc2)C[C@H](CN(C)C)[C@@]1(C)CCCB1OC(C)(C)C(C)(C)O1. The first-order valence-electron chi connectivity index (χ1n) is 12.9. The highest BCUT2D eigenvalue weighted by molar-refractivity contribution is 6.45. The minimum atomic E-state index is -0.728. The summed E-state index contributed by atoms with van der Waals surface area (Å²) in [5.74, 6) is -0.342. The van der Waals surface area contributed by atoms with Crippen molar-refractivity contribution in [3.05, 3.63) is 35.9 Å². The molecule has 0 saturated carbocycles. The number of hydrogen-bond donors (Lipinski definition) is 0. The first-order chi connectivity index (χ1) is 16.8. The van der Waals surface area contributed by atoms with Gasteiger partial charge in [0.25, 0.3) is 0 Å². The lowest BCUT2D eigenvalue weighted by Gasteiger charge is -2.37. The minimum Gasteiger partial charge on any atom is -0.467 e. The molecule has 3 atom stereocenters. The maximum absolute atomic E-state index is 13.2. The van der Waals surface area contributed by atoms with Crippen molar-refractivity contribution in [3.8, 4) is 0 Å². The molecule has 3 rings (SSSR count). The second-order valence-corrected chi connectivity index (χ2v) is 11.7. The molecule has 0 bridgehead atoms. The molecule has 0 spiro atoms. The number of rotatable bonds is 9. The number of esters is 1. The van der Waals surface area contributed by atoms with Crippen LogP contribution >= 0.6 is 0 Å². The van der Waals surface area contributed by atoms with Gasteiger partial charge in [-0.2, -0.15) is 0 Å². The van der Waals surface area contributed by atoms with E-state index in [1.165, 1.54) is 7.11 Å². The van der Waals surface area contributed by atoms with Crippen molar-refractivity contribution in [1.29, 1.82) is 0 Å². The highest BCUT2D eigenvalue weighted by Gasteiger charge is 2.57. The van der Waals surface area contributed by atoms with Crippen LogP contribution in [-0.2, 0) is 30.2 Å². The van der Waals surface area contributed by atoms with Gasteiger partial charge >= 0.3 is 19.2 Å². The van der Waals surface area contributed by atoms with Crippen LogP contribution in [-0.4, -0.2) is 80.5 Å². The Morgan fingerprint density at radius 3 is 2.25 bits per heavy atom. The topological polar surface area (TPSA) is 77.5 Å². The fraction of sp³-hybridized carbons (Fsp3) is 0.704. The summed E-state index contributed by atoms with van der Waals surface area (Å²) in [6.07, 6.45) is 1.73. The van der Waals surface area contributed by atoms with Gasteiger partial charge in [-0.15, -0.1) is 0 Å². The molecule has 2 heterocycles. The fourth-order valence-electron chi connectivity index (χ4n) is 5.40. The second-order valence-electron chi connectivity index (χ2n) is 11.7. The van der Waals surface area contributed by atoms with E-state index < -0.39 is 23.5 Å². The molecular formula is C27H43BN2O6. The number of nitrogens with zero attached hydrogens (tertiary/aromatic N) is 2. The monoisotopic (exact) mass is 502 g/mol. The van der Waals surface area contributed by atoms with Gasteiger partial charge in [0, 0.05) is 18.5 Å². The van der Waals surface area contributed by atoms with Gasteiger partial charge in [0.15, 0.2) is 0 Å². The Hall–Kier alpha value is -2.10. The molecule has 0 radical (unpaired) electrons. The maximum Gasteiger partial charge on any atom is 0.457 e. The average molecular weight is 502 g/mol. The zero-order valence-corrected chi connectivity index (χ0v) is 23.2. The van der Waals surface area contributed by atoms with E-state index >= 15 is 0 Å². The molecule has 36 heavy (non-hydrogen) atoms. The number of methoxy groups -OCH3 is 1. The number of likely N-dealkylation sites (tertiary alicyclic amines) is 1. The molecule has 1 amide bonds. The number of carbonyl (C=O) groups is 2. The first kappa shape index (κ1) is 28.5. The lowest BCUT2D eigenvalue weighted by molar-refractivity contribution is -0.149. The Labute approximate surface area is 216 Å². The molecular weight excluding hydrogens is 459 g/mol. The normalized spacial score (nSPS) is 26.9. The number of carbonyl (C=O) groups excluding carboxylic acids is 2. The predicted molar refractivity (Wildman–Crippen MR) is 139 cm³/mol. The summed E-state index contributed by atoms with van der Waals surface area (Å²) in [6.45, 7) is 11.6. The molecule has 2 aliphatic heterocycles. The molecule has 8 nitrogen and oxygen atoms in total. The predicted octanol–water partition coefficient (Wildman–Crippen LogP) is 4.24. The van der Waals surface area contributed by atoms with Crippen LogP contribution in [0.5, 0.6) is 0 Å². The van der Waals surface area contributed by atoms with Gasteiger partial charge in [0.2, 0.25) is 0 Å². The van der Waals surface area contributed by atoms with E-state index in [1.807, 2.05) is 72.1 Å². The summed E-state index contributed by atoms with van der Waals surface area (Å²) in [6, 6.07) is 8.81. The van der Waals surface area contributed by atoms with Crippen molar-refractivity contribution < 1.29 is 28.4 Å². The Bertz CT molecular complexity index is 893. The molecule has 0 unspecified atom stereocenters. The van der Waals surface area contributed by atoms with Gasteiger partial charge < -0.3 is 23.7 Å². The van der Waals surface area contributed by atoms with Crippen molar-refractivity contribution in [2.45, 2.75) is 77.6 Å². The molecule has 1 aromatic carbocycles. The third-order valence-corrected chi connectivity index (χ3v) is 8.19. The van der Waals surface area contributed by atoms with Crippen LogP contribution in [0.1, 0.15) is 53.0 Å². The quantitative estimate of drug-likeness (QED) is 0.369. The van der Waals surface area contributed by atoms with Gasteiger partial charge in [-0.25, -0.2) is 9.59 Å². The van der Waals surface area contributed by atoms with Gasteiger partial charge in [-0.05, 0) is 66.0 Å². The molecule has 200 valence electrons. The van der Waals surface area contributed by atoms with Crippen molar-refractivity contribution in [2.24, 2.45) is 11.3 Å². The Kier molecular flexibility index (Phi) is 8.79. The molecule has 1 aromatic rings. The van der Waals surface area contributed by atoms with Crippen LogP contribution in [0.15, 0.2) is 30.3 Å². The second kappa shape index (κ2) is 11.1. The van der Waals surface area contributed by atoms with E-state index in [9.17, 15) is 9.59 Å². The summed E-state index contributed by atoms with van der Waals surface area (Å²) < 4.78 is 23.2. The average Bonchev–Trinajstić information content (AvgIpc) is 3.20. The maximum atomic E-state index is 13.2. The van der Waals surface area contributed by atoms with Crippen LogP contribution in [0.4, 0.5) is 4.79 Å². The van der Waals surface area contributed by atoms with Crippen LogP contribution in [0.2, 0.25) is 6.32 Å². The zero-order chi connectivity index (χ0) is 26.7. The molecule has 9 heteroatoms. The van der Waals surface area contributed by atoms with Crippen LogP contribution in [0.25, 0.3) is 0 Å². The van der Waals surface area contributed by atoms with E-state index in [2.05, 4.69) is 11.8 Å². The molecule has 2 aliphatic rings. The van der Waals surface area contributed by atoms with Gasteiger partial charge in [0.05, 0.1) is 18.3 Å². The lowest BCUT2D eigenvalue weighted by atomic mass is 9.69. The van der Waals surface area contributed by atoms with Crippen LogP contribution in [0, 0.1) is 11.3 Å². The number of amides is 1. The fourth-order valence-corrected chi connectivity index (χ4v) is 5.40. The Balaban J connectivity index is 1.75. The van der Waals surface area contributed by atoms with Crippen molar-refractivity contribution in [2.75, 3.05) is 34.3 Å². The molecule has 2 fully saturated rings. The van der Waals surface area contributed by atoms with Crippen LogP contribution < -0.4 is 0 Å². The largest absolute Gasteiger partial charge is 0.467 e. The van der Waals surface area contributed by atoms with Crippen molar-refractivity contribution in [1.82, 2.24) is 9.80 Å². The summed E-state index contributed by atoms with van der Waals surface area (Å²) in [5, 5.41) is 0. The summed E-state index contributed by atoms with van der Waals surface area (Å²) in [4.78, 5) is 30.0. The van der Waals surface area contributed by atoms with Crippen molar-refractivity contribution >= 4 is 19.2 Å². The number of benzene rings is 1. The van der Waals surface area contributed by atoms with E-state index in [4.69, 9.17) is 18.8 Å². The number of ether oxygens (including phenoxy) is 2. The zero-order valence-electron chi connectivity index (χ0n) is 23.2. The highest BCUT2D eigenvalue weighted by atomic mass is 16.7. The third-order valence-electron chi connectivity index (χ3n) is 8.19. The van der Waals surface area contributed by atoms with Gasteiger partial charge in [-0.3, -0.25) is 4.90 Å². The molecule has 0 N–H and O–H groups in total. The Morgan fingerprint density at radius 2 is 1.69 bits per heavy atom. The Morgan fingerprint density at radius 1 is 1.08 bits per heavy atom. The van der Waals surface area contributed by atoms with Crippen molar-refractivity contribution in [3.63, 3.8) is 0 Å². The smallest absolute Gasteiger partial charge is 0.457 e. The highest BCUT2D eigenvalue weighted by Crippen LogP contribution is 2.47. The van der Waals surface area contributed by atoms with Crippen LogP contribution in [0.3, 0.4) is 0 Å². The standard InChI is InChI=1S/C27H43BN2O6/c1-25(2)26(3,4)36-28(35-25)16-12-15-27(5)21(17-29(6)7)18-30(22(27)23(31)33-8)24(32)34-19-20-13-10-9-11-14-20/h9-11,13-14,21-22H,12,15-19H2,1-8H3/t21-,22+,27+/m0/s1. The minimum absolute atomic E-state index is 0.0687. The van der Waals surface area contributed by atoms with E-state index in [1.54, 1.807) is 4.90 Å². The summed E-state index contributed by atoms with van der Waals surface area (Å²) in [7, 11) is 5.10. The number of hydrogen-bond acceptors (Lipinski definition) is 7. The third kappa shape index (κ3) is 6.06. The molecule has 0 aromatic heterocycles. The van der Waals surface area contributed by atoms with E-state index in [0.29, 0.717) is 12.9 Å². The van der Waals surface area contributed by atoms with E-state index in [-0.39, 0.29) is 30.8 Å². The van der Waals surface area contributed by atoms with Gasteiger partial charge in [0.1, 0.15) is 12.6 Å². The summed E-state index contributed by atoms with van der Waals surface area (Å²) >= 11 is 0. The first-order valence-corrected chi connectivity index (χ1v) is 12.9. The van der Waals surface area contributed by atoms with E-state index in [0.717, 1.165) is 24.9 Å².